The molecule has 0 saturated carbocycles. The molecule has 1 N–H and O–H groups in total. The van der Waals surface area contributed by atoms with E-state index >= 15 is 0 Å². The minimum atomic E-state index is -0.581. The van der Waals surface area contributed by atoms with Gasteiger partial charge in [-0.2, -0.15) is 0 Å². The van der Waals surface area contributed by atoms with Crippen LogP contribution >= 0.6 is 35.0 Å². The lowest BCUT2D eigenvalue weighted by Crippen LogP contribution is -2.48. The number of amides is 2. The van der Waals surface area contributed by atoms with Gasteiger partial charge in [0.25, 0.3) is 0 Å². The molecule has 2 amide bonds. The van der Waals surface area contributed by atoms with Gasteiger partial charge in [0.1, 0.15) is 6.04 Å². The van der Waals surface area contributed by atoms with Crippen LogP contribution in [0.1, 0.15) is 19.4 Å². The van der Waals surface area contributed by atoms with Crippen LogP contribution in [0.4, 0.5) is 0 Å². The van der Waals surface area contributed by atoms with Crippen molar-refractivity contribution in [2.24, 2.45) is 0 Å². The van der Waals surface area contributed by atoms with Gasteiger partial charge in [-0.1, -0.05) is 35.3 Å². The van der Waals surface area contributed by atoms with E-state index in [9.17, 15) is 9.59 Å². The van der Waals surface area contributed by atoms with Gasteiger partial charge < -0.3 is 10.2 Å². The third-order valence-electron chi connectivity index (χ3n) is 3.94. The van der Waals surface area contributed by atoms with Gasteiger partial charge in [0.2, 0.25) is 11.8 Å². The van der Waals surface area contributed by atoms with E-state index in [4.69, 9.17) is 23.2 Å². The molecule has 0 aliphatic rings. The van der Waals surface area contributed by atoms with Crippen molar-refractivity contribution in [3.8, 4) is 0 Å². The number of halogens is 2. The SMILES string of the molecule is CCNC(=O)C(C)N(Cc1cccc(Cl)c1)C(=O)CSc1ccc(Cl)cc1. The van der Waals surface area contributed by atoms with E-state index in [-0.39, 0.29) is 17.6 Å². The molecule has 0 saturated heterocycles. The number of carbonyl (C=O) groups is 2. The summed E-state index contributed by atoms with van der Waals surface area (Å²) in [5.74, 6) is -0.0654. The Labute approximate surface area is 174 Å². The summed E-state index contributed by atoms with van der Waals surface area (Å²) in [6.45, 7) is 4.42. The molecule has 1 unspecified atom stereocenters. The maximum absolute atomic E-state index is 12.9. The third kappa shape index (κ3) is 6.76. The predicted molar refractivity (Wildman–Crippen MR) is 112 cm³/mol. The topological polar surface area (TPSA) is 49.4 Å². The van der Waals surface area contributed by atoms with Gasteiger partial charge in [0, 0.05) is 28.0 Å². The fourth-order valence-corrected chi connectivity index (χ4v) is 3.62. The molecule has 2 aromatic rings. The number of thioether (sulfide) groups is 1. The first-order valence-corrected chi connectivity index (χ1v) is 10.3. The highest BCUT2D eigenvalue weighted by molar-refractivity contribution is 8.00. The highest BCUT2D eigenvalue weighted by Gasteiger charge is 2.25. The minimum Gasteiger partial charge on any atom is -0.355 e. The van der Waals surface area contributed by atoms with Crippen LogP contribution in [-0.2, 0) is 16.1 Å². The smallest absolute Gasteiger partial charge is 0.242 e. The first-order chi connectivity index (χ1) is 12.9. The minimum absolute atomic E-state index is 0.117. The molecule has 0 aliphatic heterocycles. The predicted octanol–water partition coefficient (Wildman–Crippen LogP) is 4.64. The van der Waals surface area contributed by atoms with E-state index < -0.39 is 6.04 Å². The van der Waals surface area contributed by atoms with Crippen molar-refractivity contribution in [1.29, 1.82) is 0 Å². The summed E-state index contributed by atoms with van der Waals surface area (Å²) in [5, 5.41) is 4.03. The largest absolute Gasteiger partial charge is 0.355 e. The number of nitrogens with zero attached hydrogens (tertiary/aromatic N) is 1. The van der Waals surface area contributed by atoms with Crippen LogP contribution in [0.3, 0.4) is 0 Å². The van der Waals surface area contributed by atoms with E-state index in [0.29, 0.717) is 23.1 Å². The van der Waals surface area contributed by atoms with Crippen LogP contribution in [0.15, 0.2) is 53.4 Å². The van der Waals surface area contributed by atoms with Gasteiger partial charge >= 0.3 is 0 Å². The highest BCUT2D eigenvalue weighted by Crippen LogP contribution is 2.22. The zero-order chi connectivity index (χ0) is 19.8. The summed E-state index contributed by atoms with van der Waals surface area (Å²) in [6, 6.07) is 14.0. The molecule has 0 heterocycles. The maximum atomic E-state index is 12.9. The molecular weight excluding hydrogens is 403 g/mol. The zero-order valence-corrected chi connectivity index (χ0v) is 17.6. The zero-order valence-electron chi connectivity index (χ0n) is 15.2. The fourth-order valence-electron chi connectivity index (χ4n) is 2.50. The second-order valence-electron chi connectivity index (χ2n) is 5.96. The fraction of sp³-hybridized carbons (Fsp3) is 0.300. The Morgan fingerprint density at radius 3 is 2.44 bits per heavy atom. The molecule has 0 spiro atoms. The van der Waals surface area contributed by atoms with Crippen molar-refractivity contribution in [3.63, 3.8) is 0 Å². The average Bonchev–Trinajstić information content (AvgIpc) is 2.65. The van der Waals surface area contributed by atoms with Crippen LogP contribution in [0, 0.1) is 0 Å². The van der Waals surface area contributed by atoms with Crippen molar-refractivity contribution in [3.05, 3.63) is 64.1 Å². The number of benzene rings is 2. The van der Waals surface area contributed by atoms with Crippen LogP contribution in [0.5, 0.6) is 0 Å². The highest BCUT2D eigenvalue weighted by atomic mass is 35.5. The molecule has 144 valence electrons. The number of carbonyl (C=O) groups excluding carboxylic acids is 2. The van der Waals surface area contributed by atoms with Crippen LogP contribution in [-0.4, -0.2) is 35.1 Å². The van der Waals surface area contributed by atoms with Gasteiger partial charge in [-0.25, -0.2) is 0 Å². The lowest BCUT2D eigenvalue weighted by molar-refractivity contribution is -0.138. The summed E-state index contributed by atoms with van der Waals surface area (Å²) < 4.78 is 0. The van der Waals surface area contributed by atoms with E-state index in [1.165, 1.54) is 11.8 Å². The van der Waals surface area contributed by atoms with E-state index in [1.54, 1.807) is 36.1 Å². The number of hydrogen-bond donors (Lipinski definition) is 1. The second-order valence-corrected chi connectivity index (χ2v) is 7.89. The Kier molecular flexibility index (Phi) is 8.48. The van der Waals surface area contributed by atoms with Gasteiger partial charge in [-0.3, -0.25) is 9.59 Å². The lowest BCUT2D eigenvalue weighted by Gasteiger charge is -2.28. The Morgan fingerprint density at radius 1 is 1.11 bits per heavy atom. The van der Waals surface area contributed by atoms with Gasteiger partial charge in [-0.05, 0) is 55.8 Å². The summed E-state index contributed by atoms with van der Waals surface area (Å²) in [6.07, 6.45) is 0. The number of likely N-dealkylation sites (N-methyl/N-ethyl adjacent to an activating group) is 1. The van der Waals surface area contributed by atoms with E-state index in [0.717, 1.165) is 10.5 Å². The van der Waals surface area contributed by atoms with Crippen molar-refractivity contribution < 1.29 is 9.59 Å². The van der Waals surface area contributed by atoms with Gasteiger partial charge in [0.15, 0.2) is 0 Å². The summed E-state index contributed by atoms with van der Waals surface area (Å²) in [7, 11) is 0. The Morgan fingerprint density at radius 2 is 1.81 bits per heavy atom. The molecule has 0 fully saturated rings. The standard InChI is InChI=1S/C20H22Cl2N2O2S/c1-3-23-20(26)14(2)24(12-15-5-4-6-17(22)11-15)19(25)13-27-18-9-7-16(21)8-10-18/h4-11,14H,3,12-13H2,1-2H3,(H,23,26). The molecule has 0 aromatic heterocycles. The molecule has 0 aliphatic carbocycles. The molecule has 0 bridgehead atoms. The molecule has 4 nitrogen and oxygen atoms in total. The van der Waals surface area contributed by atoms with Gasteiger partial charge in [0.05, 0.1) is 5.75 Å². The van der Waals surface area contributed by atoms with Crippen LogP contribution < -0.4 is 5.32 Å². The molecule has 1 atom stereocenters. The molecular formula is C20H22Cl2N2O2S. The summed E-state index contributed by atoms with van der Waals surface area (Å²) in [4.78, 5) is 27.7. The summed E-state index contributed by atoms with van der Waals surface area (Å²) >= 11 is 13.4. The average molecular weight is 425 g/mol. The Hall–Kier alpha value is -1.69. The molecule has 7 heteroatoms. The van der Waals surface area contributed by atoms with E-state index in [2.05, 4.69) is 5.32 Å². The second kappa shape index (κ2) is 10.6. The van der Waals surface area contributed by atoms with Crippen molar-refractivity contribution >= 4 is 46.8 Å². The van der Waals surface area contributed by atoms with Crippen molar-refractivity contribution in [2.75, 3.05) is 12.3 Å². The molecule has 0 radical (unpaired) electrons. The molecule has 2 aromatic carbocycles. The maximum Gasteiger partial charge on any atom is 0.242 e. The van der Waals surface area contributed by atoms with Crippen LogP contribution in [0.2, 0.25) is 10.0 Å². The number of rotatable bonds is 8. The van der Waals surface area contributed by atoms with Crippen molar-refractivity contribution in [1.82, 2.24) is 10.2 Å². The first-order valence-electron chi connectivity index (χ1n) is 8.60. The van der Waals surface area contributed by atoms with Gasteiger partial charge in [-0.15, -0.1) is 11.8 Å². The third-order valence-corrected chi connectivity index (χ3v) is 5.42. The van der Waals surface area contributed by atoms with E-state index in [1.807, 2.05) is 31.2 Å². The summed E-state index contributed by atoms with van der Waals surface area (Å²) in [5.41, 5.74) is 0.878. The molecule has 27 heavy (non-hydrogen) atoms. The number of hydrogen-bond acceptors (Lipinski definition) is 3. The monoisotopic (exact) mass is 424 g/mol. The quantitative estimate of drug-likeness (QED) is 0.627. The normalized spacial score (nSPS) is 11.7. The Bertz CT molecular complexity index is 784. The van der Waals surface area contributed by atoms with Crippen LogP contribution in [0.25, 0.3) is 0 Å². The molecule has 2 rings (SSSR count). The lowest BCUT2D eigenvalue weighted by atomic mass is 10.1. The van der Waals surface area contributed by atoms with Crippen molar-refractivity contribution in [2.45, 2.75) is 31.3 Å². The Balaban J connectivity index is 2.12. The number of nitrogens with one attached hydrogen (secondary N) is 1. The first kappa shape index (κ1) is 21.6.